The molecule has 1 aromatic heterocycles. The molecule has 0 aliphatic carbocycles. The van der Waals surface area contributed by atoms with Crippen LogP contribution in [0.3, 0.4) is 0 Å². The summed E-state index contributed by atoms with van der Waals surface area (Å²) in [6.07, 6.45) is 1.65. The van der Waals surface area contributed by atoms with Crippen LogP contribution >= 0.6 is 0 Å². The van der Waals surface area contributed by atoms with Crippen LogP contribution in [0.1, 0.15) is 19.8 Å². The first-order chi connectivity index (χ1) is 12.2. The number of ether oxygens (including phenoxy) is 2. The van der Waals surface area contributed by atoms with Gasteiger partial charge in [-0.25, -0.2) is 4.98 Å². The van der Waals surface area contributed by atoms with Crippen LogP contribution in [0.2, 0.25) is 0 Å². The van der Waals surface area contributed by atoms with Gasteiger partial charge >= 0.3 is 0 Å². The number of fused-ring (bicyclic) bond motifs is 1. The largest absolute Gasteiger partial charge is 0.493 e. The summed E-state index contributed by atoms with van der Waals surface area (Å²) in [7, 11) is 3.18. The second-order valence-corrected chi connectivity index (χ2v) is 5.70. The van der Waals surface area contributed by atoms with E-state index < -0.39 is 0 Å². The number of nitrogen functional groups attached to an aromatic ring is 1. The quantitative estimate of drug-likeness (QED) is 0.830. The average Bonchev–Trinajstić information content (AvgIpc) is 2.65. The summed E-state index contributed by atoms with van der Waals surface area (Å²) in [6, 6.07) is 3.62. The predicted molar refractivity (Wildman–Crippen MR) is 97.6 cm³/mol. The van der Waals surface area contributed by atoms with Crippen LogP contribution < -0.4 is 20.1 Å². The van der Waals surface area contributed by atoms with Gasteiger partial charge in [-0.2, -0.15) is 4.98 Å². The van der Waals surface area contributed by atoms with Crippen molar-refractivity contribution in [1.82, 2.24) is 9.97 Å². The lowest BCUT2D eigenvalue weighted by Crippen LogP contribution is -2.35. The molecule has 0 bridgehead atoms. The molecule has 2 N–H and O–H groups in total. The van der Waals surface area contributed by atoms with E-state index in [1.807, 2.05) is 13.0 Å². The molecule has 0 spiro atoms. The number of hydrogen-bond acceptors (Lipinski definition) is 8. The van der Waals surface area contributed by atoms with Crippen molar-refractivity contribution in [3.63, 3.8) is 0 Å². The number of oxime groups is 1. The maximum Gasteiger partial charge on any atom is 0.227 e. The molecule has 1 fully saturated rings. The third-order valence-corrected chi connectivity index (χ3v) is 4.16. The average molecular weight is 345 g/mol. The highest BCUT2D eigenvalue weighted by Crippen LogP contribution is 2.34. The Morgan fingerprint density at radius 1 is 1.12 bits per heavy atom. The van der Waals surface area contributed by atoms with Crippen LogP contribution in [0.5, 0.6) is 11.5 Å². The van der Waals surface area contributed by atoms with Crippen molar-refractivity contribution in [1.29, 1.82) is 0 Å². The van der Waals surface area contributed by atoms with Crippen LogP contribution in [0.25, 0.3) is 10.9 Å². The zero-order chi connectivity index (χ0) is 17.8. The zero-order valence-corrected chi connectivity index (χ0v) is 14.8. The molecular weight excluding hydrogens is 322 g/mol. The highest BCUT2D eigenvalue weighted by Gasteiger charge is 2.20. The summed E-state index contributed by atoms with van der Waals surface area (Å²) in [6.45, 7) is 4.07. The number of hydrogen-bond donors (Lipinski definition) is 1. The van der Waals surface area contributed by atoms with Gasteiger partial charge in [0.05, 0.1) is 25.4 Å². The van der Waals surface area contributed by atoms with Gasteiger partial charge in [-0.15, -0.1) is 0 Å². The fourth-order valence-corrected chi connectivity index (χ4v) is 2.82. The molecule has 1 aromatic carbocycles. The van der Waals surface area contributed by atoms with Crippen LogP contribution in [0.4, 0.5) is 11.8 Å². The summed E-state index contributed by atoms with van der Waals surface area (Å²) >= 11 is 0. The van der Waals surface area contributed by atoms with Gasteiger partial charge in [0, 0.05) is 37.4 Å². The van der Waals surface area contributed by atoms with E-state index in [4.69, 9.17) is 20.0 Å². The number of rotatable bonds is 5. The van der Waals surface area contributed by atoms with Gasteiger partial charge in [0.15, 0.2) is 11.5 Å². The fraction of sp³-hybridized carbons (Fsp3) is 0.471. The monoisotopic (exact) mass is 345 g/mol. The molecule has 2 aromatic rings. The van der Waals surface area contributed by atoms with Gasteiger partial charge in [-0.3, -0.25) is 0 Å². The highest BCUT2D eigenvalue weighted by molar-refractivity contribution is 5.92. The van der Waals surface area contributed by atoms with Crippen LogP contribution in [-0.4, -0.2) is 49.6 Å². The second kappa shape index (κ2) is 7.42. The van der Waals surface area contributed by atoms with Gasteiger partial charge in [0.2, 0.25) is 5.95 Å². The first kappa shape index (κ1) is 17.1. The number of anilines is 2. The van der Waals surface area contributed by atoms with Gasteiger partial charge in [0.25, 0.3) is 0 Å². The summed E-state index contributed by atoms with van der Waals surface area (Å²) in [4.78, 5) is 16.4. The molecule has 8 heteroatoms. The Balaban J connectivity index is 1.88. The van der Waals surface area contributed by atoms with Crippen molar-refractivity contribution in [2.24, 2.45) is 5.16 Å². The normalized spacial score (nSPS) is 14.5. The third kappa shape index (κ3) is 3.52. The van der Waals surface area contributed by atoms with Crippen molar-refractivity contribution >= 4 is 28.4 Å². The summed E-state index contributed by atoms with van der Waals surface area (Å²) in [5, 5.41) is 4.88. The Labute approximate surface area is 146 Å². The lowest BCUT2D eigenvalue weighted by molar-refractivity contribution is 0.157. The van der Waals surface area contributed by atoms with Crippen LogP contribution in [-0.2, 0) is 4.84 Å². The molecule has 134 valence electrons. The van der Waals surface area contributed by atoms with Crippen molar-refractivity contribution in [3.8, 4) is 11.5 Å². The Morgan fingerprint density at radius 3 is 2.44 bits per heavy atom. The molecular formula is C17H23N5O3. The van der Waals surface area contributed by atoms with E-state index in [-0.39, 0.29) is 0 Å². The van der Waals surface area contributed by atoms with Crippen molar-refractivity contribution < 1.29 is 14.3 Å². The van der Waals surface area contributed by atoms with Crippen molar-refractivity contribution in [2.75, 3.05) is 44.5 Å². The third-order valence-electron chi connectivity index (χ3n) is 4.16. The standard InChI is InChI=1S/C17H23N5O3/c1-4-25-21-11-5-7-22(8-6-11)17-19-13-10-15(24-3)14(23-2)9-12(13)16(18)20-17/h9-10H,4-8H2,1-3H3,(H2,18,19,20). The van der Waals surface area contributed by atoms with E-state index in [0.717, 1.165) is 42.5 Å². The zero-order valence-electron chi connectivity index (χ0n) is 14.8. The van der Waals surface area contributed by atoms with Crippen molar-refractivity contribution in [2.45, 2.75) is 19.8 Å². The van der Waals surface area contributed by atoms with E-state index in [1.165, 1.54) is 0 Å². The van der Waals surface area contributed by atoms with Gasteiger partial charge in [-0.05, 0) is 13.0 Å². The molecule has 0 atom stereocenters. The molecule has 25 heavy (non-hydrogen) atoms. The maximum absolute atomic E-state index is 6.15. The molecule has 2 heterocycles. The molecule has 1 aliphatic heterocycles. The second-order valence-electron chi connectivity index (χ2n) is 5.70. The summed E-state index contributed by atoms with van der Waals surface area (Å²) in [5.41, 5.74) is 7.95. The smallest absolute Gasteiger partial charge is 0.227 e. The number of benzene rings is 1. The van der Waals surface area contributed by atoms with Gasteiger partial charge in [-0.1, -0.05) is 5.16 Å². The molecule has 8 nitrogen and oxygen atoms in total. The van der Waals surface area contributed by atoms with E-state index in [9.17, 15) is 0 Å². The predicted octanol–water partition coefficient (Wildman–Crippen LogP) is 2.22. The lowest BCUT2D eigenvalue weighted by atomic mass is 10.1. The first-order valence-corrected chi connectivity index (χ1v) is 8.28. The Kier molecular flexibility index (Phi) is 5.06. The van der Waals surface area contributed by atoms with Crippen molar-refractivity contribution in [3.05, 3.63) is 12.1 Å². The molecule has 0 unspecified atom stereocenters. The molecule has 0 amide bonds. The fourth-order valence-electron chi connectivity index (χ4n) is 2.82. The molecule has 1 aliphatic rings. The Bertz CT molecular complexity index is 783. The molecule has 0 radical (unpaired) electrons. The number of nitrogens with zero attached hydrogens (tertiary/aromatic N) is 4. The topological polar surface area (TPSA) is 95.1 Å². The SMILES string of the molecule is CCON=C1CCN(c2nc(N)c3cc(OC)c(OC)cc3n2)CC1. The van der Waals surface area contributed by atoms with Crippen LogP contribution in [0, 0.1) is 0 Å². The minimum absolute atomic E-state index is 0.426. The maximum atomic E-state index is 6.15. The van der Waals surface area contributed by atoms with Gasteiger partial charge in [0.1, 0.15) is 12.4 Å². The first-order valence-electron chi connectivity index (χ1n) is 8.28. The Morgan fingerprint density at radius 2 is 1.80 bits per heavy atom. The molecule has 1 saturated heterocycles. The molecule has 0 saturated carbocycles. The number of methoxy groups -OCH3 is 2. The number of nitrogens with two attached hydrogens (primary N) is 1. The highest BCUT2D eigenvalue weighted by atomic mass is 16.6. The lowest BCUT2D eigenvalue weighted by Gasteiger charge is -2.27. The van der Waals surface area contributed by atoms with Gasteiger partial charge < -0.3 is 24.9 Å². The van der Waals surface area contributed by atoms with Crippen LogP contribution in [0.15, 0.2) is 17.3 Å². The minimum Gasteiger partial charge on any atom is -0.493 e. The van der Waals surface area contributed by atoms with E-state index in [0.29, 0.717) is 29.9 Å². The van der Waals surface area contributed by atoms with E-state index in [1.54, 1.807) is 20.3 Å². The Hall–Kier alpha value is -2.77. The van der Waals surface area contributed by atoms with E-state index >= 15 is 0 Å². The van der Waals surface area contributed by atoms with E-state index in [2.05, 4.69) is 20.0 Å². The summed E-state index contributed by atoms with van der Waals surface area (Å²) in [5.74, 6) is 2.26. The number of aromatic nitrogens is 2. The minimum atomic E-state index is 0.426. The number of piperidine rings is 1. The molecule has 3 rings (SSSR count). The summed E-state index contributed by atoms with van der Waals surface area (Å²) < 4.78 is 10.7.